The van der Waals surface area contributed by atoms with Crippen LogP contribution in [0.4, 0.5) is 13.2 Å². The van der Waals surface area contributed by atoms with E-state index in [2.05, 4.69) is 15.4 Å². The molecule has 2 atom stereocenters. The van der Waals surface area contributed by atoms with Crippen molar-refractivity contribution in [3.05, 3.63) is 29.8 Å². The maximum absolute atomic E-state index is 12.1. The molecule has 116 valence electrons. The minimum atomic E-state index is -4.67. The Kier molecular flexibility index (Phi) is 4.72. The number of amides is 1. The summed E-state index contributed by atoms with van der Waals surface area (Å²) >= 11 is 0. The third-order valence-corrected chi connectivity index (χ3v) is 3.36. The fraction of sp³-hybridized carbons (Fsp3) is 0.500. The standard InChI is InChI=1S/C14H17F3N2O2/c1-9(19-11-4-7-13(20)18-8-11)10-2-5-12(6-3-10)21-14(15,16)17/h2-3,5-6,9,11,19H,4,7-8H2,1H3,(H,18,20). The number of hydrogen-bond acceptors (Lipinski definition) is 3. The van der Waals surface area contributed by atoms with Crippen molar-refractivity contribution in [2.75, 3.05) is 6.54 Å². The Hall–Kier alpha value is -1.76. The predicted molar refractivity (Wildman–Crippen MR) is 70.7 cm³/mol. The van der Waals surface area contributed by atoms with Crippen LogP contribution in [0.15, 0.2) is 24.3 Å². The van der Waals surface area contributed by atoms with Crippen LogP contribution in [0.5, 0.6) is 5.75 Å². The molecule has 0 spiro atoms. The van der Waals surface area contributed by atoms with Gasteiger partial charge in [0.25, 0.3) is 0 Å². The molecule has 1 amide bonds. The molecular weight excluding hydrogens is 285 g/mol. The molecule has 0 saturated carbocycles. The average molecular weight is 302 g/mol. The maximum atomic E-state index is 12.1. The number of carbonyl (C=O) groups is 1. The Balaban J connectivity index is 1.90. The molecule has 1 saturated heterocycles. The number of rotatable bonds is 4. The van der Waals surface area contributed by atoms with E-state index in [0.717, 1.165) is 12.0 Å². The van der Waals surface area contributed by atoms with E-state index in [1.54, 1.807) is 12.1 Å². The molecule has 2 N–H and O–H groups in total. The molecule has 1 fully saturated rings. The molecule has 7 heteroatoms. The summed E-state index contributed by atoms with van der Waals surface area (Å²) < 4.78 is 40.0. The molecule has 1 aliphatic rings. The van der Waals surface area contributed by atoms with Crippen molar-refractivity contribution >= 4 is 5.91 Å². The summed E-state index contributed by atoms with van der Waals surface area (Å²) in [6.45, 7) is 2.49. The van der Waals surface area contributed by atoms with Gasteiger partial charge in [0.05, 0.1) is 0 Å². The molecule has 2 rings (SSSR count). The van der Waals surface area contributed by atoms with Crippen molar-refractivity contribution in [1.82, 2.24) is 10.6 Å². The quantitative estimate of drug-likeness (QED) is 0.898. The zero-order chi connectivity index (χ0) is 15.5. The Morgan fingerprint density at radius 1 is 1.33 bits per heavy atom. The van der Waals surface area contributed by atoms with Gasteiger partial charge >= 0.3 is 6.36 Å². The van der Waals surface area contributed by atoms with Crippen LogP contribution in [-0.2, 0) is 4.79 Å². The summed E-state index contributed by atoms with van der Waals surface area (Å²) in [4.78, 5) is 11.1. The number of benzene rings is 1. The second-order valence-electron chi connectivity index (χ2n) is 5.04. The first kappa shape index (κ1) is 15.6. The summed E-state index contributed by atoms with van der Waals surface area (Å²) in [5.41, 5.74) is 0.862. The van der Waals surface area contributed by atoms with E-state index in [9.17, 15) is 18.0 Å². The maximum Gasteiger partial charge on any atom is 0.573 e. The lowest BCUT2D eigenvalue weighted by Gasteiger charge is -2.27. The van der Waals surface area contributed by atoms with Gasteiger partial charge in [-0.25, -0.2) is 0 Å². The zero-order valence-electron chi connectivity index (χ0n) is 11.5. The SMILES string of the molecule is CC(NC1CCC(=O)NC1)c1ccc(OC(F)(F)F)cc1. The van der Waals surface area contributed by atoms with E-state index in [4.69, 9.17) is 0 Å². The van der Waals surface area contributed by atoms with Gasteiger partial charge in [-0.15, -0.1) is 13.2 Å². The van der Waals surface area contributed by atoms with E-state index < -0.39 is 6.36 Å². The van der Waals surface area contributed by atoms with Crippen LogP contribution in [-0.4, -0.2) is 24.9 Å². The molecule has 0 aromatic heterocycles. The van der Waals surface area contributed by atoms with Gasteiger partial charge in [0.15, 0.2) is 0 Å². The zero-order valence-corrected chi connectivity index (χ0v) is 11.5. The number of nitrogens with one attached hydrogen (secondary N) is 2. The number of hydrogen-bond donors (Lipinski definition) is 2. The van der Waals surface area contributed by atoms with Gasteiger partial charge < -0.3 is 15.4 Å². The summed E-state index contributed by atoms with van der Waals surface area (Å²) in [5, 5.41) is 6.12. The van der Waals surface area contributed by atoms with Gasteiger partial charge in [-0.3, -0.25) is 4.79 Å². The van der Waals surface area contributed by atoms with Gasteiger partial charge in [0, 0.05) is 25.0 Å². The first-order chi connectivity index (χ1) is 9.83. The Morgan fingerprint density at radius 2 is 2.00 bits per heavy atom. The normalized spacial score (nSPS) is 20.8. The molecule has 4 nitrogen and oxygen atoms in total. The van der Waals surface area contributed by atoms with Crippen molar-refractivity contribution < 1.29 is 22.7 Å². The van der Waals surface area contributed by atoms with Crippen molar-refractivity contribution in [3.8, 4) is 5.75 Å². The third kappa shape index (κ3) is 4.93. The van der Waals surface area contributed by atoms with E-state index in [1.807, 2.05) is 6.92 Å². The molecule has 0 bridgehead atoms. The summed E-state index contributed by atoms with van der Waals surface area (Å²) in [7, 11) is 0. The molecule has 2 unspecified atom stereocenters. The minimum absolute atomic E-state index is 0.0232. The first-order valence-corrected chi connectivity index (χ1v) is 6.72. The fourth-order valence-electron chi connectivity index (χ4n) is 2.28. The van der Waals surface area contributed by atoms with Crippen LogP contribution >= 0.6 is 0 Å². The van der Waals surface area contributed by atoms with Gasteiger partial charge in [0.2, 0.25) is 5.91 Å². The van der Waals surface area contributed by atoms with Gasteiger partial charge in [-0.05, 0) is 31.0 Å². The van der Waals surface area contributed by atoms with E-state index in [0.29, 0.717) is 13.0 Å². The number of piperidine rings is 1. The predicted octanol–water partition coefficient (Wildman–Crippen LogP) is 2.51. The monoisotopic (exact) mass is 302 g/mol. The molecule has 1 aliphatic heterocycles. The van der Waals surface area contributed by atoms with E-state index >= 15 is 0 Å². The average Bonchev–Trinajstić information content (AvgIpc) is 2.40. The summed E-state index contributed by atoms with van der Waals surface area (Å²) in [6, 6.07) is 5.93. The molecule has 0 aliphatic carbocycles. The molecule has 21 heavy (non-hydrogen) atoms. The fourth-order valence-corrected chi connectivity index (χ4v) is 2.28. The molecule has 1 aromatic carbocycles. The van der Waals surface area contributed by atoms with Crippen molar-refractivity contribution in [1.29, 1.82) is 0 Å². The van der Waals surface area contributed by atoms with Gasteiger partial charge in [0.1, 0.15) is 5.75 Å². The van der Waals surface area contributed by atoms with E-state index in [-0.39, 0.29) is 23.7 Å². The second kappa shape index (κ2) is 6.34. The van der Waals surface area contributed by atoms with Crippen molar-refractivity contribution in [2.24, 2.45) is 0 Å². The highest BCUT2D eigenvalue weighted by Gasteiger charge is 2.31. The molecule has 1 heterocycles. The van der Waals surface area contributed by atoms with E-state index in [1.165, 1.54) is 12.1 Å². The smallest absolute Gasteiger partial charge is 0.406 e. The van der Waals surface area contributed by atoms with Gasteiger partial charge in [-0.1, -0.05) is 12.1 Å². The number of halogens is 3. The highest BCUT2D eigenvalue weighted by atomic mass is 19.4. The lowest BCUT2D eigenvalue weighted by molar-refractivity contribution is -0.274. The third-order valence-electron chi connectivity index (χ3n) is 3.36. The van der Waals surface area contributed by atoms with Crippen LogP contribution in [0.25, 0.3) is 0 Å². The Bertz CT molecular complexity index is 478. The van der Waals surface area contributed by atoms with Crippen LogP contribution < -0.4 is 15.4 Å². The minimum Gasteiger partial charge on any atom is -0.406 e. The summed E-state index contributed by atoms with van der Waals surface area (Å²) in [6.07, 6.45) is -3.43. The highest BCUT2D eigenvalue weighted by Crippen LogP contribution is 2.24. The van der Waals surface area contributed by atoms with Crippen LogP contribution in [0.1, 0.15) is 31.4 Å². The largest absolute Gasteiger partial charge is 0.573 e. The molecule has 1 aromatic rings. The van der Waals surface area contributed by atoms with Crippen LogP contribution in [0.3, 0.4) is 0 Å². The topological polar surface area (TPSA) is 50.4 Å². The summed E-state index contributed by atoms with van der Waals surface area (Å²) in [5.74, 6) is -0.183. The second-order valence-corrected chi connectivity index (χ2v) is 5.04. The van der Waals surface area contributed by atoms with Crippen molar-refractivity contribution in [2.45, 2.75) is 38.2 Å². The Labute approximate surface area is 120 Å². The number of carbonyl (C=O) groups excluding carboxylic acids is 1. The molecule has 0 radical (unpaired) electrons. The van der Waals surface area contributed by atoms with Crippen LogP contribution in [0, 0.1) is 0 Å². The Morgan fingerprint density at radius 3 is 2.52 bits per heavy atom. The highest BCUT2D eigenvalue weighted by molar-refractivity contribution is 5.76. The number of ether oxygens (including phenoxy) is 1. The number of alkyl halides is 3. The first-order valence-electron chi connectivity index (χ1n) is 6.72. The van der Waals surface area contributed by atoms with Crippen molar-refractivity contribution in [3.63, 3.8) is 0 Å². The van der Waals surface area contributed by atoms with Crippen LogP contribution in [0.2, 0.25) is 0 Å². The van der Waals surface area contributed by atoms with Gasteiger partial charge in [-0.2, -0.15) is 0 Å². The molecular formula is C14H17F3N2O2. The lowest BCUT2D eigenvalue weighted by Crippen LogP contribution is -2.46. The lowest BCUT2D eigenvalue weighted by atomic mass is 10.0.